The second-order valence-corrected chi connectivity index (χ2v) is 5.54. The van der Waals surface area contributed by atoms with Gasteiger partial charge in [0.2, 0.25) is 0 Å². The maximum absolute atomic E-state index is 6.10. The van der Waals surface area contributed by atoms with Gasteiger partial charge in [0, 0.05) is 30.1 Å². The molecule has 0 saturated carbocycles. The van der Waals surface area contributed by atoms with Crippen LogP contribution in [0.25, 0.3) is 0 Å². The molecular weight excluding hydrogens is 260 g/mol. The highest BCUT2D eigenvalue weighted by atomic mass is 16.5. The molecule has 1 aromatic heterocycles. The van der Waals surface area contributed by atoms with E-state index in [9.17, 15) is 0 Å². The molecule has 0 bridgehead atoms. The van der Waals surface area contributed by atoms with Crippen LogP contribution in [-0.2, 0) is 6.54 Å². The highest BCUT2D eigenvalue weighted by Crippen LogP contribution is 2.27. The van der Waals surface area contributed by atoms with Crippen molar-refractivity contribution in [2.24, 2.45) is 0 Å². The molecule has 0 aliphatic carbocycles. The second kappa shape index (κ2) is 7.23. The number of benzene rings is 1. The fourth-order valence-electron chi connectivity index (χ4n) is 2.31. The summed E-state index contributed by atoms with van der Waals surface area (Å²) < 4.78 is 6.10. The van der Waals surface area contributed by atoms with Gasteiger partial charge in [-0.1, -0.05) is 13.0 Å². The number of nitrogens with one attached hydrogen (secondary N) is 1. The Balaban J connectivity index is 2.22. The Hall–Kier alpha value is -1.87. The van der Waals surface area contributed by atoms with Crippen LogP contribution in [0.15, 0.2) is 30.5 Å². The Morgan fingerprint density at radius 3 is 2.43 bits per heavy atom. The topological polar surface area (TPSA) is 34.2 Å². The molecule has 0 aliphatic rings. The summed E-state index contributed by atoms with van der Waals surface area (Å²) in [6.07, 6.45) is 3.02. The minimum Gasteiger partial charge on any atom is -0.457 e. The lowest BCUT2D eigenvalue weighted by Gasteiger charge is -2.13. The number of pyridine rings is 1. The molecule has 2 aromatic rings. The zero-order valence-corrected chi connectivity index (χ0v) is 13.4. The molecule has 0 unspecified atom stereocenters. The molecule has 0 spiro atoms. The normalized spacial score (nSPS) is 10.7. The van der Waals surface area contributed by atoms with Gasteiger partial charge in [-0.05, 0) is 57.0 Å². The van der Waals surface area contributed by atoms with Gasteiger partial charge in [0.1, 0.15) is 11.5 Å². The van der Waals surface area contributed by atoms with Gasteiger partial charge in [-0.25, -0.2) is 0 Å². The third-order valence-electron chi connectivity index (χ3n) is 3.25. The van der Waals surface area contributed by atoms with Crippen molar-refractivity contribution in [2.45, 2.75) is 40.7 Å². The fourth-order valence-corrected chi connectivity index (χ4v) is 2.31. The van der Waals surface area contributed by atoms with Crippen LogP contribution in [0, 0.1) is 20.8 Å². The van der Waals surface area contributed by atoms with Gasteiger partial charge in [0.15, 0.2) is 0 Å². The molecule has 3 nitrogen and oxygen atoms in total. The minimum absolute atomic E-state index is 0.779. The van der Waals surface area contributed by atoms with Crippen LogP contribution in [0.5, 0.6) is 11.5 Å². The van der Waals surface area contributed by atoms with Crippen LogP contribution >= 0.6 is 0 Å². The number of aryl methyl sites for hydroxylation is 3. The number of aromatic nitrogens is 1. The van der Waals surface area contributed by atoms with Crippen molar-refractivity contribution in [1.29, 1.82) is 0 Å². The van der Waals surface area contributed by atoms with Crippen LogP contribution in [0.2, 0.25) is 0 Å². The molecule has 0 atom stereocenters. The van der Waals surface area contributed by atoms with E-state index in [2.05, 4.69) is 49.3 Å². The van der Waals surface area contributed by atoms with E-state index in [0.29, 0.717) is 0 Å². The van der Waals surface area contributed by atoms with Crippen molar-refractivity contribution in [1.82, 2.24) is 10.3 Å². The predicted molar refractivity (Wildman–Crippen MR) is 87.0 cm³/mol. The quantitative estimate of drug-likeness (QED) is 0.803. The maximum atomic E-state index is 6.10. The standard InChI is InChI=1S/C18H24N2O/c1-5-6-19-11-16-12-20-15(4)10-18(16)21-17-8-13(2)7-14(3)9-17/h7-10,12,19H,5-6,11H2,1-4H3. The van der Waals surface area contributed by atoms with E-state index in [0.717, 1.165) is 42.3 Å². The Morgan fingerprint density at radius 2 is 1.76 bits per heavy atom. The molecule has 112 valence electrons. The van der Waals surface area contributed by atoms with Crippen LogP contribution in [0.1, 0.15) is 35.7 Å². The predicted octanol–water partition coefficient (Wildman–Crippen LogP) is 4.30. The lowest BCUT2D eigenvalue weighted by molar-refractivity contribution is 0.470. The summed E-state index contributed by atoms with van der Waals surface area (Å²) in [6.45, 7) is 10.1. The van der Waals surface area contributed by atoms with Gasteiger partial charge < -0.3 is 10.1 Å². The lowest BCUT2D eigenvalue weighted by Crippen LogP contribution is -2.14. The summed E-state index contributed by atoms with van der Waals surface area (Å²) >= 11 is 0. The molecule has 0 saturated heterocycles. The van der Waals surface area contributed by atoms with Crippen molar-refractivity contribution in [3.05, 3.63) is 52.8 Å². The van der Waals surface area contributed by atoms with E-state index < -0.39 is 0 Å². The molecule has 3 heteroatoms. The van der Waals surface area contributed by atoms with Gasteiger partial charge in [0.25, 0.3) is 0 Å². The zero-order valence-electron chi connectivity index (χ0n) is 13.4. The van der Waals surface area contributed by atoms with E-state index in [1.165, 1.54) is 11.1 Å². The summed E-state index contributed by atoms with van der Waals surface area (Å²) in [5.41, 5.74) is 4.48. The first-order valence-corrected chi connectivity index (χ1v) is 7.51. The molecule has 21 heavy (non-hydrogen) atoms. The smallest absolute Gasteiger partial charge is 0.135 e. The van der Waals surface area contributed by atoms with E-state index >= 15 is 0 Å². The molecule has 0 radical (unpaired) electrons. The number of rotatable bonds is 6. The summed E-state index contributed by atoms with van der Waals surface area (Å²) in [6, 6.07) is 8.27. The SMILES string of the molecule is CCCNCc1cnc(C)cc1Oc1cc(C)cc(C)c1. The van der Waals surface area contributed by atoms with Gasteiger partial charge in [-0.15, -0.1) is 0 Å². The Labute approximate surface area is 127 Å². The average molecular weight is 284 g/mol. The molecule has 0 amide bonds. The van der Waals surface area contributed by atoms with Crippen LogP contribution < -0.4 is 10.1 Å². The Kier molecular flexibility index (Phi) is 5.34. The van der Waals surface area contributed by atoms with Crippen molar-refractivity contribution < 1.29 is 4.74 Å². The van der Waals surface area contributed by atoms with E-state index in [1.54, 1.807) is 0 Å². The minimum atomic E-state index is 0.779. The van der Waals surface area contributed by atoms with Crippen molar-refractivity contribution in [3.63, 3.8) is 0 Å². The molecule has 1 N–H and O–H groups in total. The van der Waals surface area contributed by atoms with Gasteiger partial charge in [-0.3, -0.25) is 4.98 Å². The molecule has 0 fully saturated rings. The van der Waals surface area contributed by atoms with Crippen molar-refractivity contribution >= 4 is 0 Å². The maximum Gasteiger partial charge on any atom is 0.135 e. The largest absolute Gasteiger partial charge is 0.457 e. The third-order valence-corrected chi connectivity index (χ3v) is 3.25. The van der Waals surface area contributed by atoms with Crippen LogP contribution in [0.3, 0.4) is 0 Å². The molecule has 1 aromatic carbocycles. The fraction of sp³-hybridized carbons (Fsp3) is 0.389. The first kappa shape index (κ1) is 15.5. The van der Waals surface area contributed by atoms with E-state index in [-0.39, 0.29) is 0 Å². The summed E-state index contributed by atoms with van der Waals surface area (Å²) in [5.74, 6) is 1.77. The number of hydrogen-bond donors (Lipinski definition) is 1. The molecule has 1 heterocycles. The van der Waals surface area contributed by atoms with Crippen LogP contribution in [-0.4, -0.2) is 11.5 Å². The highest BCUT2D eigenvalue weighted by Gasteiger charge is 2.07. The van der Waals surface area contributed by atoms with Crippen LogP contribution in [0.4, 0.5) is 0 Å². The molecule has 0 aliphatic heterocycles. The van der Waals surface area contributed by atoms with Crippen molar-refractivity contribution in [3.8, 4) is 11.5 Å². The van der Waals surface area contributed by atoms with Crippen molar-refractivity contribution in [2.75, 3.05) is 6.54 Å². The first-order chi connectivity index (χ1) is 10.1. The highest BCUT2D eigenvalue weighted by molar-refractivity contribution is 5.40. The zero-order chi connectivity index (χ0) is 15.2. The summed E-state index contributed by atoms with van der Waals surface area (Å²) in [7, 11) is 0. The average Bonchev–Trinajstić information content (AvgIpc) is 2.40. The monoisotopic (exact) mass is 284 g/mol. The third kappa shape index (κ3) is 4.57. The lowest BCUT2D eigenvalue weighted by atomic mass is 10.1. The van der Waals surface area contributed by atoms with Gasteiger partial charge in [-0.2, -0.15) is 0 Å². The number of hydrogen-bond acceptors (Lipinski definition) is 3. The number of nitrogens with zero attached hydrogens (tertiary/aromatic N) is 1. The summed E-state index contributed by atoms with van der Waals surface area (Å²) in [4.78, 5) is 4.38. The molecule has 2 rings (SSSR count). The van der Waals surface area contributed by atoms with Gasteiger partial charge >= 0.3 is 0 Å². The Morgan fingerprint density at radius 1 is 1.05 bits per heavy atom. The Bertz CT molecular complexity index is 588. The van der Waals surface area contributed by atoms with Gasteiger partial charge in [0.05, 0.1) is 0 Å². The first-order valence-electron chi connectivity index (χ1n) is 7.51. The summed E-state index contributed by atoms with van der Waals surface area (Å²) in [5, 5.41) is 3.40. The molecular formula is C18H24N2O. The van der Waals surface area contributed by atoms with E-state index in [1.807, 2.05) is 19.2 Å². The number of ether oxygens (including phenoxy) is 1. The van der Waals surface area contributed by atoms with E-state index in [4.69, 9.17) is 4.74 Å². The second-order valence-electron chi connectivity index (χ2n) is 5.54.